The van der Waals surface area contributed by atoms with Gasteiger partial charge in [-0.2, -0.15) is 13.2 Å². The number of nitrogens with zero attached hydrogens (tertiary/aromatic N) is 5. The van der Waals surface area contributed by atoms with Crippen LogP contribution in [0.3, 0.4) is 0 Å². The first-order valence-corrected chi connectivity index (χ1v) is 13.7. The van der Waals surface area contributed by atoms with Crippen molar-refractivity contribution in [2.24, 2.45) is 0 Å². The van der Waals surface area contributed by atoms with E-state index in [2.05, 4.69) is 15.2 Å². The molecule has 1 aliphatic heterocycles. The number of hydrogen-bond donors (Lipinski definition) is 0. The van der Waals surface area contributed by atoms with E-state index in [4.69, 9.17) is 4.42 Å². The van der Waals surface area contributed by atoms with E-state index in [9.17, 15) is 26.4 Å². The zero-order valence-corrected chi connectivity index (χ0v) is 21.2. The van der Waals surface area contributed by atoms with Gasteiger partial charge in [-0.25, -0.2) is 13.2 Å². The number of pyridine rings is 1. The van der Waals surface area contributed by atoms with Crippen molar-refractivity contribution in [1.29, 1.82) is 0 Å². The first-order chi connectivity index (χ1) is 18.6. The Morgan fingerprint density at radius 1 is 0.923 bits per heavy atom. The van der Waals surface area contributed by atoms with Crippen molar-refractivity contribution in [3.8, 4) is 22.6 Å². The van der Waals surface area contributed by atoms with Crippen LogP contribution in [0.5, 0.6) is 0 Å². The largest absolute Gasteiger partial charge is 0.470 e. The van der Waals surface area contributed by atoms with Gasteiger partial charge < -0.3 is 9.32 Å². The van der Waals surface area contributed by atoms with Crippen molar-refractivity contribution >= 4 is 21.6 Å². The van der Waals surface area contributed by atoms with E-state index in [-0.39, 0.29) is 43.1 Å². The Kier molecular flexibility index (Phi) is 7.08. The van der Waals surface area contributed by atoms with Crippen molar-refractivity contribution in [3.63, 3.8) is 0 Å². The summed E-state index contributed by atoms with van der Waals surface area (Å²) in [5, 5.41) is 6.51. The highest BCUT2D eigenvalue weighted by molar-refractivity contribution is 7.91. The third-order valence-electron chi connectivity index (χ3n) is 6.23. The molecule has 2 amide bonds. The van der Waals surface area contributed by atoms with Gasteiger partial charge in [-0.3, -0.25) is 9.88 Å². The highest BCUT2D eigenvalue weighted by Gasteiger charge is 2.38. The molecular weight excluding hydrogens is 535 g/mol. The lowest BCUT2D eigenvalue weighted by molar-refractivity contribution is -0.156. The molecule has 1 fully saturated rings. The summed E-state index contributed by atoms with van der Waals surface area (Å²) in [5.41, 5.74) is 3.39. The van der Waals surface area contributed by atoms with Gasteiger partial charge in [-0.05, 0) is 47.0 Å². The number of amides is 2. The lowest BCUT2D eigenvalue weighted by Crippen LogP contribution is -2.49. The summed E-state index contributed by atoms with van der Waals surface area (Å²) >= 11 is 0. The van der Waals surface area contributed by atoms with E-state index in [1.165, 1.54) is 21.9 Å². The Labute approximate surface area is 221 Å². The third kappa shape index (κ3) is 6.08. The number of benzene rings is 2. The standard InChI is InChI=1S/C26H22F3N5O4S/c27-26(28,29)24-32-31-23(38-24)20-5-3-18(4-6-20)17-34(25(35)33-12-14-39(36,37)15-13-33)22-9-7-19(8-10-22)21-2-1-11-30-16-21/h1-11,16H,12-15,17H2. The Hall–Kier alpha value is -4.26. The SMILES string of the molecule is O=C(N1CCS(=O)(=O)CC1)N(Cc1ccc(-c2nnc(C(F)(F)F)o2)cc1)c1ccc(-c2cccnc2)cc1. The second-order valence-electron chi connectivity index (χ2n) is 8.90. The van der Waals surface area contributed by atoms with Gasteiger partial charge in [0, 0.05) is 36.7 Å². The highest BCUT2D eigenvalue weighted by atomic mass is 32.2. The average molecular weight is 558 g/mol. The molecule has 4 aromatic rings. The van der Waals surface area contributed by atoms with Gasteiger partial charge in [-0.15, -0.1) is 10.2 Å². The summed E-state index contributed by atoms with van der Waals surface area (Å²) in [7, 11) is -3.18. The van der Waals surface area contributed by atoms with Gasteiger partial charge in [0.15, 0.2) is 9.84 Å². The molecule has 3 heterocycles. The maximum Gasteiger partial charge on any atom is 0.470 e. The first-order valence-electron chi connectivity index (χ1n) is 11.9. The van der Waals surface area contributed by atoms with Crippen LogP contribution in [0.2, 0.25) is 0 Å². The fraction of sp³-hybridized carbons (Fsp3) is 0.231. The van der Waals surface area contributed by atoms with E-state index < -0.39 is 21.9 Å². The molecule has 0 atom stereocenters. The summed E-state index contributed by atoms with van der Waals surface area (Å²) < 4.78 is 66.9. The number of alkyl halides is 3. The zero-order valence-electron chi connectivity index (χ0n) is 20.4. The molecule has 202 valence electrons. The number of hydrogen-bond acceptors (Lipinski definition) is 7. The third-order valence-corrected chi connectivity index (χ3v) is 7.84. The van der Waals surface area contributed by atoms with E-state index in [0.717, 1.165) is 11.1 Å². The molecule has 0 N–H and O–H groups in total. The minimum Gasteiger partial charge on any atom is -0.413 e. The van der Waals surface area contributed by atoms with Gasteiger partial charge >= 0.3 is 18.1 Å². The Balaban J connectivity index is 1.40. The molecule has 0 aliphatic carbocycles. The van der Waals surface area contributed by atoms with Gasteiger partial charge in [0.05, 0.1) is 18.1 Å². The molecule has 2 aromatic carbocycles. The van der Waals surface area contributed by atoms with Gasteiger partial charge in [-0.1, -0.05) is 30.3 Å². The summed E-state index contributed by atoms with van der Waals surface area (Å²) in [6, 6.07) is 17.1. The van der Waals surface area contributed by atoms with Crippen molar-refractivity contribution < 1.29 is 30.8 Å². The lowest BCUT2D eigenvalue weighted by Gasteiger charge is -2.33. The predicted octanol–water partition coefficient (Wildman–Crippen LogP) is 4.67. The minimum absolute atomic E-state index is 0.0864. The van der Waals surface area contributed by atoms with Crippen LogP contribution in [-0.4, -0.2) is 59.1 Å². The summed E-state index contributed by atoms with van der Waals surface area (Å²) in [6.07, 6.45) is -1.34. The number of sulfone groups is 1. The van der Waals surface area contributed by atoms with Crippen molar-refractivity contribution in [2.45, 2.75) is 12.7 Å². The zero-order chi connectivity index (χ0) is 27.6. The fourth-order valence-corrected chi connectivity index (χ4v) is 5.30. The molecule has 2 aromatic heterocycles. The minimum atomic E-state index is -4.74. The molecule has 13 heteroatoms. The molecular formula is C26H22F3N5O4S. The van der Waals surface area contributed by atoms with Crippen molar-refractivity contribution in [1.82, 2.24) is 20.1 Å². The van der Waals surface area contributed by atoms with Crippen LogP contribution >= 0.6 is 0 Å². The summed E-state index contributed by atoms with van der Waals surface area (Å²) in [4.78, 5) is 20.7. The summed E-state index contributed by atoms with van der Waals surface area (Å²) in [6.45, 7) is 0.304. The normalized spacial score (nSPS) is 15.2. The molecule has 39 heavy (non-hydrogen) atoms. The number of carbonyl (C=O) groups excluding carboxylic acids is 1. The summed E-state index contributed by atoms with van der Waals surface area (Å²) in [5.74, 6) is -1.92. The molecule has 9 nitrogen and oxygen atoms in total. The van der Waals surface area contributed by atoms with Crippen LogP contribution in [-0.2, 0) is 22.6 Å². The van der Waals surface area contributed by atoms with Crippen molar-refractivity contribution in [2.75, 3.05) is 29.5 Å². The molecule has 5 rings (SSSR count). The van der Waals surface area contributed by atoms with Crippen LogP contribution in [0.15, 0.2) is 77.5 Å². The maximum absolute atomic E-state index is 13.6. The topological polar surface area (TPSA) is 110 Å². The number of aromatic nitrogens is 3. The lowest BCUT2D eigenvalue weighted by atomic mass is 10.1. The smallest absolute Gasteiger partial charge is 0.413 e. The van der Waals surface area contributed by atoms with Crippen LogP contribution in [0.4, 0.5) is 23.7 Å². The van der Waals surface area contributed by atoms with E-state index in [1.54, 1.807) is 36.7 Å². The second-order valence-corrected chi connectivity index (χ2v) is 11.2. The average Bonchev–Trinajstić information content (AvgIpc) is 3.44. The van der Waals surface area contributed by atoms with Gasteiger partial charge in [0.25, 0.3) is 0 Å². The molecule has 1 saturated heterocycles. The quantitative estimate of drug-likeness (QED) is 0.351. The van der Waals surface area contributed by atoms with Crippen LogP contribution in [0, 0.1) is 0 Å². The number of anilines is 1. The molecule has 0 bridgehead atoms. The van der Waals surface area contributed by atoms with E-state index >= 15 is 0 Å². The maximum atomic E-state index is 13.6. The highest BCUT2D eigenvalue weighted by Crippen LogP contribution is 2.31. The predicted molar refractivity (Wildman–Crippen MR) is 136 cm³/mol. The number of halogens is 3. The van der Waals surface area contributed by atoms with Gasteiger partial charge in [0.2, 0.25) is 5.89 Å². The van der Waals surface area contributed by atoms with Crippen LogP contribution in [0.25, 0.3) is 22.6 Å². The second kappa shape index (κ2) is 10.5. The monoisotopic (exact) mass is 557 g/mol. The van der Waals surface area contributed by atoms with Crippen LogP contribution < -0.4 is 4.90 Å². The molecule has 0 saturated carbocycles. The molecule has 0 radical (unpaired) electrons. The van der Waals surface area contributed by atoms with Gasteiger partial charge in [0.1, 0.15) is 0 Å². The number of urea groups is 1. The number of carbonyl (C=O) groups is 1. The molecule has 1 aliphatic rings. The Morgan fingerprint density at radius 2 is 1.59 bits per heavy atom. The Morgan fingerprint density at radius 3 is 2.18 bits per heavy atom. The Bertz CT molecular complexity index is 1540. The first kappa shape index (κ1) is 26.4. The molecule has 0 unspecified atom stereocenters. The fourth-order valence-electron chi connectivity index (χ4n) is 4.10. The molecule has 0 spiro atoms. The van der Waals surface area contributed by atoms with Crippen molar-refractivity contribution in [3.05, 3.63) is 84.5 Å². The van der Waals surface area contributed by atoms with E-state index in [1.807, 2.05) is 24.3 Å². The number of rotatable bonds is 5. The van der Waals surface area contributed by atoms with E-state index in [0.29, 0.717) is 16.8 Å². The van der Waals surface area contributed by atoms with Crippen LogP contribution in [0.1, 0.15) is 11.5 Å².